The van der Waals surface area contributed by atoms with Gasteiger partial charge in [0.25, 0.3) is 0 Å². The second kappa shape index (κ2) is 8.52. The molecular weight excluding hydrogens is 360 g/mol. The summed E-state index contributed by atoms with van der Waals surface area (Å²) in [7, 11) is 1.83. The number of piperidine rings is 1. The number of guanidine groups is 1. The molecule has 1 aromatic carbocycles. The second-order valence-corrected chi connectivity index (χ2v) is 7.72. The molecular formula is C20H26N4O2S. The smallest absolute Gasteiger partial charge is 0.231 e. The summed E-state index contributed by atoms with van der Waals surface area (Å²) in [6.45, 7) is 3.32. The zero-order chi connectivity index (χ0) is 18.5. The first-order chi connectivity index (χ1) is 13.3. The fourth-order valence-electron chi connectivity index (χ4n) is 3.50. The Kier molecular flexibility index (Phi) is 5.67. The largest absolute Gasteiger partial charge is 0.454 e. The summed E-state index contributed by atoms with van der Waals surface area (Å²) < 4.78 is 10.8. The van der Waals surface area contributed by atoms with Crippen molar-refractivity contribution in [2.45, 2.75) is 25.3 Å². The highest BCUT2D eigenvalue weighted by Crippen LogP contribution is 2.32. The summed E-state index contributed by atoms with van der Waals surface area (Å²) in [6.07, 6.45) is 3.16. The number of hydrogen-bond donors (Lipinski definition) is 2. The summed E-state index contributed by atoms with van der Waals surface area (Å²) in [5.74, 6) is 2.55. The van der Waals surface area contributed by atoms with E-state index in [1.807, 2.05) is 24.5 Å². The molecule has 27 heavy (non-hydrogen) atoms. The standard InChI is InChI=1S/C20H26N4O2S/c1-21-20(22-9-6-15-4-5-17-18(13-15)26-14-25-17)23-16-7-10-24(11-8-16)19-3-2-12-27-19/h2-5,12-13,16H,6-11,14H2,1H3,(H2,21,22,23). The van der Waals surface area contributed by atoms with E-state index in [9.17, 15) is 0 Å². The van der Waals surface area contributed by atoms with Gasteiger partial charge in [-0.15, -0.1) is 11.3 Å². The number of nitrogens with zero attached hydrogens (tertiary/aromatic N) is 2. The lowest BCUT2D eigenvalue weighted by Gasteiger charge is -2.33. The highest BCUT2D eigenvalue weighted by molar-refractivity contribution is 7.14. The predicted octanol–water partition coefficient (Wildman–Crippen LogP) is 2.85. The lowest BCUT2D eigenvalue weighted by molar-refractivity contribution is 0.174. The van der Waals surface area contributed by atoms with Gasteiger partial charge in [0.2, 0.25) is 6.79 Å². The maximum absolute atomic E-state index is 5.44. The Morgan fingerprint density at radius 3 is 2.85 bits per heavy atom. The summed E-state index contributed by atoms with van der Waals surface area (Å²) in [6, 6.07) is 10.9. The number of rotatable bonds is 5. The Morgan fingerprint density at radius 2 is 2.07 bits per heavy atom. The molecule has 0 saturated carbocycles. The zero-order valence-electron chi connectivity index (χ0n) is 15.6. The molecule has 7 heteroatoms. The van der Waals surface area contributed by atoms with Crippen LogP contribution in [0.3, 0.4) is 0 Å². The first-order valence-electron chi connectivity index (χ1n) is 9.46. The number of anilines is 1. The normalized spacial score (nSPS) is 17.2. The number of thiophene rings is 1. The van der Waals surface area contributed by atoms with Gasteiger partial charge in [-0.05, 0) is 54.5 Å². The summed E-state index contributed by atoms with van der Waals surface area (Å²) in [4.78, 5) is 6.85. The molecule has 1 fully saturated rings. The number of hydrogen-bond acceptors (Lipinski definition) is 5. The van der Waals surface area contributed by atoms with Crippen LogP contribution in [0.1, 0.15) is 18.4 Å². The van der Waals surface area contributed by atoms with E-state index in [2.05, 4.69) is 50.2 Å². The molecule has 2 aliphatic rings. The number of aliphatic imine (C=N–C) groups is 1. The molecule has 3 heterocycles. The van der Waals surface area contributed by atoms with Crippen LogP contribution in [0.5, 0.6) is 11.5 Å². The summed E-state index contributed by atoms with van der Waals surface area (Å²) in [5.41, 5.74) is 1.23. The number of fused-ring (bicyclic) bond motifs is 1. The quantitative estimate of drug-likeness (QED) is 0.611. The molecule has 4 rings (SSSR count). The Balaban J connectivity index is 1.21. The highest BCUT2D eigenvalue weighted by Gasteiger charge is 2.20. The Hall–Kier alpha value is -2.41. The van der Waals surface area contributed by atoms with Crippen LogP contribution in [0.4, 0.5) is 5.00 Å². The van der Waals surface area contributed by atoms with Gasteiger partial charge in [0.15, 0.2) is 17.5 Å². The molecule has 2 aliphatic heterocycles. The van der Waals surface area contributed by atoms with Crippen LogP contribution in [0.2, 0.25) is 0 Å². The predicted molar refractivity (Wildman–Crippen MR) is 110 cm³/mol. The lowest BCUT2D eigenvalue weighted by Crippen LogP contribution is -2.49. The van der Waals surface area contributed by atoms with E-state index in [1.54, 1.807) is 0 Å². The van der Waals surface area contributed by atoms with Gasteiger partial charge in [0, 0.05) is 32.7 Å². The fraction of sp³-hybridized carbons (Fsp3) is 0.450. The minimum absolute atomic E-state index is 0.318. The number of benzene rings is 1. The van der Waals surface area contributed by atoms with Crippen molar-refractivity contribution in [3.8, 4) is 11.5 Å². The molecule has 2 aromatic rings. The topological polar surface area (TPSA) is 58.1 Å². The Bertz CT molecular complexity index is 770. The Morgan fingerprint density at radius 1 is 1.22 bits per heavy atom. The highest BCUT2D eigenvalue weighted by atomic mass is 32.1. The average molecular weight is 387 g/mol. The van der Waals surface area contributed by atoms with Crippen molar-refractivity contribution in [1.29, 1.82) is 0 Å². The Labute approximate surface area is 164 Å². The number of nitrogens with one attached hydrogen (secondary N) is 2. The van der Waals surface area contributed by atoms with Gasteiger partial charge < -0.3 is 25.0 Å². The SMILES string of the molecule is CN=C(NCCc1ccc2c(c1)OCO2)NC1CCN(c2cccs2)CC1. The van der Waals surface area contributed by atoms with Gasteiger partial charge in [0.1, 0.15) is 0 Å². The summed E-state index contributed by atoms with van der Waals surface area (Å²) >= 11 is 1.82. The molecule has 144 valence electrons. The molecule has 1 aromatic heterocycles. The summed E-state index contributed by atoms with van der Waals surface area (Å²) in [5, 5.41) is 10.5. The van der Waals surface area contributed by atoms with Crippen molar-refractivity contribution >= 4 is 22.3 Å². The van der Waals surface area contributed by atoms with Crippen LogP contribution >= 0.6 is 11.3 Å². The molecule has 1 saturated heterocycles. The van der Waals surface area contributed by atoms with Crippen LogP contribution in [0.25, 0.3) is 0 Å². The van der Waals surface area contributed by atoms with Crippen molar-refractivity contribution in [2.75, 3.05) is 38.4 Å². The van der Waals surface area contributed by atoms with Crippen molar-refractivity contribution in [3.63, 3.8) is 0 Å². The third kappa shape index (κ3) is 4.47. The molecule has 0 aliphatic carbocycles. The molecule has 0 spiro atoms. The van der Waals surface area contributed by atoms with Crippen LogP contribution < -0.4 is 25.0 Å². The van der Waals surface area contributed by atoms with Gasteiger partial charge in [-0.1, -0.05) is 6.07 Å². The van der Waals surface area contributed by atoms with E-state index in [-0.39, 0.29) is 0 Å². The second-order valence-electron chi connectivity index (χ2n) is 6.79. The van der Waals surface area contributed by atoms with E-state index < -0.39 is 0 Å². The van der Waals surface area contributed by atoms with Crippen LogP contribution in [0.15, 0.2) is 40.7 Å². The third-order valence-corrected chi connectivity index (χ3v) is 5.95. The van der Waals surface area contributed by atoms with Crippen LogP contribution in [-0.4, -0.2) is 45.5 Å². The maximum Gasteiger partial charge on any atom is 0.231 e. The molecule has 0 bridgehead atoms. The van der Waals surface area contributed by atoms with Gasteiger partial charge in [0.05, 0.1) is 5.00 Å². The average Bonchev–Trinajstić information content (AvgIpc) is 3.39. The minimum atomic E-state index is 0.318. The van der Waals surface area contributed by atoms with Crippen molar-refractivity contribution in [1.82, 2.24) is 10.6 Å². The van der Waals surface area contributed by atoms with Crippen molar-refractivity contribution in [3.05, 3.63) is 41.3 Å². The van der Waals surface area contributed by atoms with E-state index in [1.165, 1.54) is 10.6 Å². The van der Waals surface area contributed by atoms with Crippen LogP contribution in [-0.2, 0) is 6.42 Å². The van der Waals surface area contributed by atoms with Gasteiger partial charge in [-0.2, -0.15) is 0 Å². The van der Waals surface area contributed by atoms with E-state index in [0.717, 1.165) is 56.4 Å². The third-order valence-electron chi connectivity index (χ3n) is 5.02. The van der Waals surface area contributed by atoms with E-state index in [0.29, 0.717) is 12.8 Å². The molecule has 6 nitrogen and oxygen atoms in total. The first kappa shape index (κ1) is 18.0. The monoisotopic (exact) mass is 386 g/mol. The molecule has 0 amide bonds. The van der Waals surface area contributed by atoms with Crippen LogP contribution in [0, 0.1) is 0 Å². The molecule has 0 unspecified atom stereocenters. The molecule has 2 N–H and O–H groups in total. The van der Waals surface area contributed by atoms with Gasteiger partial charge in [-0.25, -0.2) is 0 Å². The van der Waals surface area contributed by atoms with Gasteiger partial charge >= 0.3 is 0 Å². The maximum atomic E-state index is 5.44. The fourth-order valence-corrected chi connectivity index (χ4v) is 4.29. The van der Waals surface area contributed by atoms with Crippen molar-refractivity contribution in [2.24, 2.45) is 4.99 Å². The number of ether oxygens (including phenoxy) is 2. The molecule has 0 atom stereocenters. The van der Waals surface area contributed by atoms with E-state index in [4.69, 9.17) is 9.47 Å². The zero-order valence-corrected chi connectivity index (χ0v) is 16.4. The minimum Gasteiger partial charge on any atom is -0.454 e. The lowest BCUT2D eigenvalue weighted by atomic mass is 10.1. The van der Waals surface area contributed by atoms with Gasteiger partial charge in [-0.3, -0.25) is 4.99 Å². The molecule has 0 radical (unpaired) electrons. The first-order valence-corrected chi connectivity index (χ1v) is 10.3. The van der Waals surface area contributed by atoms with E-state index >= 15 is 0 Å². The van der Waals surface area contributed by atoms with Crippen molar-refractivity contribution < 1.29 is 9.47 Å².